The second-order valence-electron chi connectivity index (χ2n) is 6.69. The SMILES string of the molecule is CCn1ccc2cc(Nc3cnccn3)nc(NC3CCS(=O)(=O)C3)c2c1=O. The molecule has 1 aliphatic heterocycles. The Morgan fingerprint density at radius 2 is 2.14 bits per heavy atom. The summed E-state index contributed by atoms with van der Waals surface area (Å²) in [6.07, 6.45) is 6.92. The molecule has 2 N–H and O–H groups in total. The lowest BCUT2D eigenvalue weighted by Gasteiger charge is -2.16. The van der Waals surface area contributed by atoms with Crippen molar-refractivity contribution >= 4 is 38.1 Å². The zero-order valence-electron chi connectivity index (χ0n) is 15.3. The standard InChI is InChI=1S/C18H20N6O3S/c1-2-24-7-3-12-9-14(22-15-10-19-5-6-20-15)23-17(16(12)18(24)25)21-13-4-8-28(26,27)11-13/h3,5-7,9-10,13H,2,4,8,11H2,1H3,(H2,20,21,22,23). The molecule has 10 heteroatoms. The van der Waals surface area contributed by atoms with Crippen molar-refractivity contribution in [2.45, 2.75) is 25.9 Å². The summed E-state index contributed by atoms with van der Waals surface area (Å²) in [4.78, 5) is 25.6. The van der Waals surface area contributed by atoms with E-state index in [1.165, 1.54) is 0 Å². The van der Waals surface area contributed by atoms with Gasteiger partial charge in [0.05, 0.1) is 23.1 Å². The summed E-state index contributed by atoms with van der Waals surface area (Å²) in [6.45, 7) is 2.42. The van der Waals surface area contributed by atoms with Gasteiger partial charge in [0.1, 0.15) is 17.5 Å². The lowest BCUT2D eigenvalue weighted by molar-refractivity contribution is 0.602. The van der Waals surface area contributed by atoms with Gasteiger partial charge in [-0.15, -0.1) is 0 Å². The Hall–Kier alpha value is -3.01. The summed E-state index contributed by atoms with van der Waals surface area (Å²) in [5.74, 6) is 1.56. The third kappa shape index (κ3) is 3.68. The maximum Gasteiger partial charge on any atom is 0.262 e. The molecule has 28 heavy (non-hydrogen) atoms. The van der Waals surface area contributed by atoms with Crippen LogP contribution in [-0.4, -0.2) is 45.5 Å². The molecule has 9 nitrogen and oxygen atoms in total. The molecule has 0 radical (unpaired) electrons. The van der Waals surface area contributed by atoms with Crippen LogP contribution in [-0.2, 0) is 16.4 Å². The Morgan fingerprint density at radius 3 is 2.82 bits per heavy atom. The van der Waals surface area contributed by atoms with Crippen LogP contribution in [0.2, 0.25) is 0 Å². The molecule has 1 aliphatic rings. The van der Waals surface area contributed by atoms with E-state index in [4.69, 9.17) is 0 Å². The minimum Gasteiger partial charge on any atom is -0.366 e. The number of rotatable bonds is 5. The summed E-state index contributed by atoms with van der Waals surface area (Å²) >= 11 is 0. The van der Waals surface area contributed by atoms with Gasteiger partial charge in [-0.25, -0.2) is 18.4 Å². The summed E-state index contributed by atoms with van der Waals surface area (Å²) in [7, 11) is -3.06. The topological polar surface area (TPSA) is 119 Å². The minimum absolute atomic E-state index is 0.0345. The first-order chi connectivity index (χ1) is 13.4. The van der Waals surface area contributed by atoms with Crippen molar-refractivity contribution in [1.82, 2.24) is 19.5 Å². The van der Waals surface area contributed by atoms with Gasteiger partial charge in [-0.1, -0.05) is 0 Å². The van der Waals surface area contributed by atoms with E-state index in [9.17, 15) is 13.2 Å². The van der Waals surface area contributed by atoms with E-state index in [1.54, 1.807) is 35.4 Å². The molecule has 4 heterocycles. The molecule has 146 valence electrons. The molecule has 0 spiro atoms. The average Bonchev–Trinajstić information content (AvgIpc) is 3.01. The molecule has 1 saturated heterocycles. The fourth-order valence-corrected chi connectivity index (χ4v) is 4.99. The Bertz CT molecular complexity index is 1180. The highest BCUT2D eigenvalue weighted by atomic mass is 32.2. The van der Waals surface area contributed by atoms with Gasteiger partial charge in [0.15, 0.2) is 9.84 Å². The van der Waals surface area contributed by atoms with Gasteiger partial charge in [-0.2, -0.15) is 0 Å². The number of hydrogen-bond donors (Lipinski definition) is 2. The normalized spacial score (nSPS) is 18.2. The van der Waals surface area contributed by atoms with Crippen molar-refractivity contribution in [2.24, 2.45) is 0 Å². The highest BCUT2D eigenvalue weighted by Crippen LogP contribution is 2.26. The number of pyridine rings is 2. The highest BCUT2D eigenvalue weighted by molar-refractivity contribution is 7.91. The Kier molecular flexibility index (Phi) is 4.71. The van der Waals surface area contributed by atoms with Gasteiger partial charge in [0.25, 0.3) is 5.56 Å². The van der Waals surface area contributed by atoms with Crippen molar-refractivity contribution in [3.63, 3.8) is 0 Å². The molecule has 0 aromatic carbocycles. The Balaban J connectivity index is 1.79. The first-order valence-corrected chi connectivity index (χ1v) is 10.8. The summed E-state index contributed by atoms with van der Waals surface area (Å²) in [5.41, 5.74) is -0.165. The van der Waals surface area contributed by atoms with Crippen molar-refractivity contribution in [3.8, 4) is 0 Å². The summed E-state index contributed by atoms with van der Waals surface area (Å²) in [6, 6.07) is 3.34. The van der Waals surface area contributed by atoms with E-state index in [-0.39, 0.29) is 23.1 Å². The molecule has 3 aromatic heterocycles. The van der Waals surface area contributed by atoms with E-state index in [0.29, 0.717) is 41.2 Å². The van der Waals surface area contributed by atoms with Crippen molar-refractivity contribution < 1.29 is 8.42 Å². The average molecular weight is 400 g/mol. The number of fused-ring (bicyclic) bond motifs is 1. The van der Waals surface area contributed by atoms with Crippen molar-refractivity contribution in [3.05, 3.63) is 47.3 Å². The van der Waals surface area contributed by atoms with Gasteiger partial charge < -0.3 is 15.2 Å². The zero-order valence-corrected chi connectivity index (χ0v) is 16.1. The number of nitrogens with one attached hydrogen (secondary N) is 2. The van der Waals surface area contributed by atoms with Crippen LogP contribution in [0.1, 0.15) is 13.3 Å². The fraction of sp³-hybridized carbons (Fsp3) is 0.333. The lowest BCUT2D eigenvalue weighted by atomic mass is 10.1. The van der Waals surface area contributed by atoms with Crippen LogP contribution in [0, 0.1) is 0 Å². The van der Waals surface area contributed by atoms with Crippen LogP contribution in [0.5, 0.6) is 0 Å². The first-order valence-electron chi connectivity index (χ1n) is 8.99. The smallest absolute Gasteiger partial charge is 0.262 e. The predicted octanol–water partition coefficient (Wildman–Crippen LogP) is 1.55. The van der Waals surface area contributed by atoms with Crippen molar-refractivity contribution in [1.29, 1.82) is 0 Å². The predicted molar refractivity (Wildman–Crippen MR) is 108 cm³/mol. The maximum absolute atomic E-state index is 12.9. The van der Waals surface area contributed by atoms with Gasteiger partial charge in [-0.3, -0.25) is 9.78 Å². The van der Waals surface area contributed by atoms with E-state index in [0.717, 1.165) is 0 Å². The molecule has 0 amide bonds. The quantitative estimate of drug-likeness (QED) is 0.662. The maximum atomic E-state index is 12.9. The summed E-state index contributed by atoms with van der Waals surface area (Å²) in [5, 5.41) is 7.40. The zero-order chi connectivity index (χ0) is 19.7. The molecule has 0 aliphatic carbocycles. The molecule has 1 unspecified atom stereocenters. The van der Waals surface area contributed by atoms with Crippen molar-refractivity contribution in [2.75, 3.05) is 22.1 Å². The molecule has 1 atom stereocenters. The summed E-state index contributed by atoms with van der Waals surface area (Å²) < 4.78 is 25.2. The van der Waals surface area contributed by atoms with Crippen LogP contribution < -0.4 is 16.2 Å². The van der Waals surface area contributed by atoms with E-state index < -0.39 is 9.84 Å². The van der Waals surface area contributed by atoms with E-state index in [2.05, 4.69) is 25.6 Å². The third-order valence-electron chi connectivity index (χ3n) is 4.69. The van der Waals surface area contributed by atoms with Gasteiger partial charge in [0, 0.05) is 31.2 Å². The highest BCUT2D eigenvalue weighted by Gasteiger charge is 2.28. The number of hydrogen-bond acceptors (Lipinski definition) is 8. The number of aromatic nitrogens is 4. The molecule has 1 fully saturated rings. The van der Waals surface area contributed by atoms with E-state index >= 15 is 0 Å². The van der Waals surface area contributed by atoms with E-state index in [1.807, 2.05) is 13.0 Å². The molecule has 0 saturated carbocycles. The van der Waals surface area contributed by atoms with Crippen LogP contribution in [0.3, 0.4) is 0 Å². The first kappa shape index (κ1) is 18.4. The largest absolute Gasteiger partial charge is 0.366 e. The second kappa shape index (κ2) is 7.19. The Labute approximate surface area is 161 Å². The number of sulfone groups is 1. The van der Waals surface area contributed by atoms with Gasteiger partial charge in [0.2, 0.25) is 0 Å². The van der Waals surface area contributed by atoms with Gasteiger partial charge >= 0.3 is 0 Å². The monoisotopic (exact) mass is 400 g/mol. The van der Waals surface area contributed by atoms with Crippen LogP contribution in [0.4, 0.5) is 17.5 Å². The minimum atomic E-state index is -3.06. The number of anilines is 3. The second-order valence-corrected chi connectivity index (χ2v) is 8.92. The molecular weight excluding hydrogens is 380 g/mol. The molecular formula is C18H20N6O3S. The molecule has 4 rings (SSSR count). The molecule has 3 aromatic rings. The fourth-order valence-electron chi connectivity index (χ4n) is 3.32. The van der Waals surface area contributed by atoms with Crippen LogP contribution in [0.25, 0.3) is 10.8 Å². The van der Waals surface area contributed by atoms with Crippen LogP contribution >= 0.6 is 0 Å². The molecule has 0 bridgehead atoms. The Morgan fingerprint density at radius 1 is 1.29 bits per heavy atom. The number of nitrogens with zero attached hydrogens (tertiary/aromatic N) is 4. The van der Waals surface area contributed by atoms with Crippen LogP contribution in [0.15, 0.2) is 41.7 Å². The third-order valence-corrected chi connectivity index (χ3v) is 6.46. The van der Waals surface area contributed by atoms with Gasteiger partial charge in [-0.05, 0) is 30.9 Å². The number of aryl methyl sites for hydroxylation is 1. The lowest BCUT2D eigenvalue weighted by Crippen LogP contribution is -2.25.